The van der Waals surface area contributed by atoms with Crippen molar-refractivity contribution in [3.05, 3.63) is 35.9 Å². The quantitative estimate of drug-likeness (QED) is 0.853. The van der Waals surface area contributed by atoms with Crippen LogP contribution in [0.25, 0.3) is 0 Å². The number of hydrogen-bond donors (Lipinski definition) is 2. The Kier molecular flexibility index (Phi) is 4.45. The SMILES string of the molecule is O=C(O)C(CC(O)c1ccccc1)C1CCS(=O)(=O)C1. The molecule has 1 aliphatic rings. The molecule has 0 saturated carbocycles. The van der Waals surface area contributed by atoms with Gasteiger partial charge in [0.25, 0.3) is 0 Å². The molecule has 3 atom stereocenters. The van der Waals surface area contributed by atoms with Crippen LogP contribution < -0.4 is 0 Å². The summed E-state index contributed by atoms with van der Waals surface area (Å²) in [5.74, 6) is -2.32. The Hall–Kier alpha value is -1.40. The fraction of sp³-hybridized carbons (Fsp3) is 0.500. The summed E-state index contributed by atoms with van der Waals surface area (Å²) >= 11 is 0. The number of benzene rings is 1. The molecule has 2 N–H and O–H groups in total. The highest BCUT2D eigenvalue weighted by molar-refractivity contribution is 7.91. The van der Waals surface area contributed by atoms with Crippen molar-refractivity contribution in [2.24, 2.45) is 11.8 Å². The maximum absolute atomic E-state index is 11.5. The zero-order valence-corrected chi connectivity index (χ0v) is 11.8. The zero-order valence-electron chi connectivity index (χ0n) is 11.0. The number of hydrogen-bond acceptors (Lipinski definition) is 4. The van der Waals surface area contributed by atoms with Crippen molar-refractivity contribution in [3.63, 3.8) is 0 Å². The number of carboxylic acids is 1. The van der Waals surface area contributed by atoms with Gasteiger partial charge in [0.2, 0.25) is 0 Å². The standard InChI is InChI=1S/C14H18O5S/c15-13(10-4-2-1-3-5-10)8-12(14(16)17)11-6-7-20(18,19)9-11/h1-5,11-13,15H,6-9H2,(H,16,17). The molecule has 0 amide bonds. The molecule has 0 spiro atoms. The molecule has 1 heterocycles. The van der Waals surface area contributed by atoms with Crippen LogP contribution >= 0.6 is 0 Å². The Bertz CT molecular complexity index is 566. The molecule has 110 valence electrons. The fourth-order valence-electron chi connectivity index (χ4n) is 2.69. The highest BCUT2D eigenvalue weighted by Gasteiger charge is 2.38. The van der Waals surface area contributed by atoms with Crippen molar-refractivity contribution in [1.29, 1.82) is 0 Å². The van der Waals surface area contributed by atoms with Gasteiger partial charge in [0.15, 0.2) is 9.84 Å². The average Bonchev–Trinajstić information content (AvgIpc) is 2.76. The minimum atomic E-state index is -3.12. The second-order valence-electron chi connectivity index (χ2n) is 5.27. The van der Waals surface area contributed by atoms with Gasteiger partial charge in [-0.25, -0.2) is 8.42 Å². The first-order valence-electron chi connectivity index (χ1n) is 6.55. The third-order valence-electron chi connectivity index (χ3n) is 3.82. The van der Waals surface area contributed by atoms with Crippen LogP contribution in [0.15, 0.2) is 30.3 Å². The van der Waals surface area contributed by atoms with Crippen molar-refractivity contribution >= 4 is 15.8 Å². The Labute approximate surface area is 118 Å². The molecule has 3 unspecified atom stereocenters. The van der Waals surface area contributed by atoms with E-state index in [1.165, 1.54) is 0 Å². The summed E-state index contributed by atoms with van der Waals surface area (Å²) < 4.78 is 22.9. The summed E-state index contributed by atoms with van der Waals surface area (Å²) in [7, 11) is -3.12. The van der Waals surface area contributed by atoms with Gasteiger partial charge in [0.1, 0.15) is 0 Å². The first kappa shape index (κ1) is 15.0. The fourth-order valence-corrected chi connectivity index (χ4v) is 4.57. The third-order valence-corrected chi connectivity index (χ3v) is 5.61. The molecule has 2 rings (SSSR count). The Morgan fingerprint density at radius 1 is 1.30 bits per heavy atom. The molecule has 1 fully saturated rings. The third kappa shape index (κ3) is 3.58. The van der Waals surface area contributed by atoms with Gasteiger partial charge in [-0.1, -0.05) is 30.3 Å². The maximum atomic E-state index is 11.5. The van der Waals surface area contributed by atoms with Crippen LogP contribution in [-0.4, -0.2) is 36.1 Å². The van der Waals surface area contributed by atoms with E-state index in [0.717, 1.165) is 0 Å². The monoisotopic (exact) mass is 298 g/mol. The van der Waals surface area contributed by atoms with Crippen LogP contribution in [0.5, 0.6) is 0 Å². The first-order valence-corrected chi connectivity index (χ1v) is 8.37. The van der Waals surface area contributed by atoms with E-state index in [9.17, 15) is 23.4 Å². The zero-order chi connectivity index (χ0) is 14.8. The lowest BCUT2D eigenvalue weighted by atomic mass is 9.85. The van der Waals surface area contributed by atoms with Crippen molar-refractivity contribution in [2.75, 3.05) is 11.5 Å². The predicted molar refractivity (Wildman–Crippen MR) is 73.9 cm³/mol. The lowest BCUT2D eigenvalue weighted by Gasteiger charge is -2.21. The molecule has 0 aromatic heterocycles. The number of carboxylic acid groups (broad SMARTS) is 1. The van der Waals surface area contributed by atoms with Crippen molar-refractivity contribution < 1.29 is 23.4 Å². The van der Waals surface area contributed by atoms with E-state index in [1.807, 2.05) is 6.07 Å². The summed E-state index contributed by atoms with van der Waals surface area (Å²) in [5.41, 5.74) is 0.652. The molecule has 0 aliphatic carbocycles. The Morgan fingerprint density at radius 3 is 2.45 bits per heavy atom. The molecular weight excluding hydrogens is 280 g/mol. The second-order valence-corrected chi connectivity index (χ2v) is 7.50. The van der Waals surface area contributed by atoms with E-state index in [4.69, 9.17) is 0 Å². The number of sulfone groups is 1. The van der Waals surface area contributed by atoms with E-state index in [0.29, 0.717) is 12.0 Å². The molecule has 1 aliphatic heterocycles. The van der Waals surface area contributed by atoms with E-state index < -0.39 is 33.7 Å². The van der Waals surface area contributed by atoms with E-state index in [-0.39, 0.29) is 17.9 Å². The lowest BCUT2D eigenvalue weighted by Crippen LogP contribution is -2.26. The van der Waals surface area contributed by atoms with Crippen molar-refractivity contribution in [1.82, 2.24) is 0 Å². The number of aliphatic hydroxyl groups excluding tert-OH is 1. The number of rotatable bonds is 5. The predicted octanol–water partition coefficient (Wildman–Crippen LogP) is 1.25. The van der Waals surface area contributed by atoms with Crippen LogP contribution in [0.1, 0.15) is 24.5 Å². The Balaban J connectivity index is 2.09. The van der Waals surface area contributed by atoms with Crippen LogP contribution in [0.2, 0.25) is 0 Å². The van der Waals surface area contributed by atoms with E-state index >= 15 is 0 Å². The van der Waals surface area contributed by atoms with Crippen molar-refractivity contribution in [2.45, 2.75) is 18.9 Å². The Morgan fingerprint density at radius 2 is 1.95 bits per heavy atom. The van der Waals surface area contributed by atoms with Crippen LogP contribution in [-0.2, 0) is 14.6 Å². The van der Waals surface area contributed by atoms with Crippen LogP contribution in [0.4, 0.5) is 0 Å². The number of aliphatic hydroxyl groups is 1. The second kappa shape index (κ2) is 5.93. The molecule has 5 nitrogen and oxygen atoms in total. The van der Waals surface area contributed by atoms with Gasteiger partial charge >= 0.3 is 5.97 Å². The largest absolute Gasteiger partial charge is 0.481 e. The normalized spacial score (nSPS) is 24.1. The summed E-state index contributed by atoms with van der Waals surface area (Å²) in [6.45, 7) is 0. The first-order chi connectivity index (χ1) is 9.39. The lowest BCUT2D eigenvalue weighted by molar-refractivity contribution is -0.144. The molecule has 1 aromatic rings. The molecule has 0 bridgehead atoms. The van der Waals surface area contributed by atoms with Gasteiger partial charge in [-0.2, -0.15) is 0 Å². The summed E-state index contributed by atoms with van der Waals surface area (Å²) in [6, 6.07) is 8.82. The van der Waals surface area contributed by atoms with Crippen LogP contribution in [0, 0.1) is 11.8 Å². The highest BCUT2D eigenvalue weighted by Crippen LogP contribution is 2.32. The highest BCUT2D eigenvalue weighted by atomic mass is 32.2. The molecule has 6 heteroatoms. The van der Waals surface area contributed by atoms with E-state index in [1.54, 1.807) is 24.3 Å². The topological polar surface area (TPSA) is 91.7 Å². The molecule has 1 aromatic carbocycles. The van der Waals surface area contributed by atoms with Gasteiger partial charge in [0.05, 0.1) is 23.5 Å². The van der Waals surface area contributed by atoms with Gasteiger partial charge in [-0.3, -0.25) is 4.79 Å². The smallest absolute Gasteiger partial charge is 0.306 e. The van der Waals surface area contributed by atoms with Crippen molar-refractivity contribution in [3.8, 4) is 0 Å². The number of aliphatic carboxylic acids is 1. The van der Waals surface area contributed by atoms with Gasteiger partial charge in [0, 0.05) is 0 Å². The molecule has 20 heavy (non-hydrogen) atoms. The number of carbonyl (C=O) groups is 1. The van der Waals surface area contributed by atoms with E-state index in [2.05, 4.69) is 0 Å². The minimum Gasteiger partial charge on any atom is -0.481 e. The van der Waals surface area contributed by atoms with Gasteiger partial charge < -0.3 is 10.2 Å². The van der Waals surface area contributed by atoms with Gasteiger partial charge in [-0.15, -0.1) is 0 Å². The van der Waals surface area contributed by atoms with Crippen LogP contribution in [0.3, 0.4) is 0 Å². The molecule has 1 saturated heterocycles. The summed E-state index contributed by atoms with van der Waals surface area (Å²) in [4.78, 5) is 11.4. The van der Waals surface area contributed by atoms with Gasteiger partial charge in [-0.05, 0) is 24.3 Å². The molecular formula is C14H18O5S. The minimum absolute atomic E-state index is 0.0412. The summed E-state index contributed by atoms with van der Waals surface area (Å²) in [6.07, 6.45) is -0.485. The maximum Gasteiger partial charge on any atom is 0.306 e. The summed E-state index contributed by atoms with van der Waals surface area (Å²) in [5, 5.41) is 19.4. The average molecular weight is 298 g/mol. The molecule has 0 radical (unpaired) electrons.